The summed E-state index contributed by atoms with van der Waals surface area (Å²) < 4.78 is 34.4. The molecule has 6 atom stereocenters. The van der Waals surface area contributed by atoms with E-state index in [1.54, 1.807) is 0 Å². The maximum atomic E-state index is 12.9. The van der Waals surface area contributed by atoms with Gasteiger partial charge in [0.2, 0.25) is 0 Å². The lowest BCUT2D eigenvalue weighted by atomic mass is 9.85. The zero-order valence-electron chi connectivity index (χ0n) is 45.0. The Hall–Kier alpha value is -2.48. The molecule has 0 radical (unpaired) electrons. The summed E-state index contributed by atoms with van der Waals surface area (Å²) in [6.45, 7) is 4.13. The first-order valence-electron chi connectivity index (χ1n) is 28.4. The molecule has 6 N–H and O–H groups in total. The smallest absolute Gasteiger partial charge is 0.457 e. The van der Waals surface area contributed by atoms with Crippen LogP contribution in [0.5, 0.6) is 0 Å². The molecular formula is C59H103O12P. The minimum absolute atomic E-state index is 0.0884. The van der Waals surface area contributed by atoms with Crippen molar-refractivity contribution in [2.75, 3.05) is 19.8 Å². The monoisotopic (exact) mass is 1030 g/mol. The van der Waals surface area contributed by atoms with Crippen LogP contribution in [0.3, 0.4) is 0 Å². The van der Waals surface area contributed by atoms with Crippen molar-refractivity contribution >= 4 is 13.8 Å². The fraction of sp³-hybridized carbons (Fsp3) is 0.746. The lowest BCUT2D eigenvalue weighted by Gasteiger charge is -2.41. The number of phosphoric acid groups is 1. The maximum Gasteiger partial charge on any atom is 0.472 e. The van der Waals surface area contributed by atoms with Crippen LogP contribution in [-0.4, -0.2) is 98.9 Å². The summed E-state index contributed by atoms with van der Waals surface area (Å²) in [5.41, 5.74) is 0. The van der Waals surface area contributed by atoms with E-state index in [2.05, 4.69) is 98.9 Å². The molecule has 0 aromatic rings. The predicted molar refractivity (Wildman–Crippen MR) is 294 cm³/mol. The van der Waals surface area contributed by atoms with Crippen LogP contribution in [0.15, 0.2) is 85.1 Å². The molecule has 1 aliphatic carbocycles. The molecule has 6 unspecified atom stereocenters. The van der Waals surface area contributed by atoms with Crippen LogP contribution in [-0.2, 0) is 27.9 Å². The highest BCUT2D eigenvalue weighted by Crippen LogP contribution is 2.47. The van der Waals surface area contributed by atoms with Crippen molar-refractivity contribution in [2.24, 2.45) is 0 Å². The van der Waals surface area contributed by atoms with Gasteiger partial charge in [-0.1, -0.05) is 208 Å². The number of rotatable bonds is 48. The minimum Gasteiger partial charge on any atom is -0.457 e. The van der Waals surface area contributed by atoms with Gasteiger partial charge in [0.1, 0.15) is 42.7 Å². The number of unbranched alkanes of at least 4 members (excludes halogenated alkanes) is 22. The third-order valence-corrected chi connectivity index (χ3v) is 13.7. The second kappa shape index (κ2) is 48.2. The number of hydrogen-bond acceptors (Lipinski definition) is 11. The van der Waals surface area contributed by atoms with E-state index in [1.807, 2.05) is 0 Å². The average Bonchev–Trinajstić information content (AvgIpc) is 3.37. The first-order valence-corrected chi connectivity index (χ1v) is 29.9. The van der Waals surface area contributed by atoms with Gasteiger partial charge in [0, 0.05) is 13.0 Å². The molecule has 0 bridgehead atoms. The lowest BCUT2D eigenvalue weighted by Crippen LogP contribution is -2.64. The molecule has 0 aromatic heterocycles. The van der Waals surface area contributed by atoms with E-state index in [0.717, 1.165) is 96.3 Å². The summed E-state index contributed by atoms with van der Waals surface area (Å²) in [4.78, 5) is 23.3. The number of allylic oxidation sites excluding steroid dienone is 14. The SMILES string of the molecule is CC/C=C\C/C=C\C/C=C\C/C=C\C/C=C\CCCCCCCCCCOCC(COP(=O)(O)OC1C(O)C(O)C(O)C(O)C1O)OC(=O)CCCCCCCCCCC/C=C\C/C=C\CCCCCCC. The molecule has 1 saturated carbocycles. The van der Waals surface area contributed by atoms with Gasteiger partial charge < -0.3 is 39.9 Å². The minimum atomic E-state index is -5.04. The number of carbonyl (C=O) groups excluding carboxylic acids is 1. The van der Waals surface area contributed by atoms with Crippen LogP contribution in [0.1, 0.15) is 219 Å². The lowest BCUT2D eigenvalue weighted by molar-refractivity contribution is -0.220. The molecule has 72 heavy (non-hydrogen) atoms. The Bertz CT molecular complexity index is 1510. The van der Waals surface area contributed by atoms with Gasteiger partial charge in [0.05, 0.1) is 13.2 Å². The highest BCUT2D eigenvalue weighted by molar-refractivity contribution is 7.47. The van der Waals surface area contributed by atoms with E-state index in [0.29, 0.717) is 13.0 Å². The topological polar surface area (TPSA) is 192 Å². The van der Waals surface area contributed by atoms with Crippen molar-refractivity contribution in [1.29, 1.82) is 0 Å². The molecule has 1 fully saturated rings. The van der Waals surface area contributed by atoms with Gasteiger partial charge in [-0.05, 0) is 89.9 Å². The fourth-order valence-corrected chi connectivity index (χ4v) is 9.27. The molecule has 0 aromatic carbocycles. The standard InChI is InChI=1S/C59H103O12P/c1-3-5-7-9-11-13-15-17-19-21-23-25-26-27-29-31-33-35-37-39-41-43-45-47-49-68-50-52(51-69-72(66,67)71-59-57(64)55(62)54(61)56(63)58(59)65)70-53(60)48-46-44-42-40-38-36-34-32-30-28-24-22-20-18-16-14-12-10-8-6-4-2/h5,7,11,13,16-19,22-25,27,29,52,54-59,61-65H,3-4,6,8-10,12,14-15,20-21,26,28,30-51H2,1-2H3,(H,66,67)/b7-5-,13-11-,18-16-,19-17-,24-22-,25-23-,29-27-. The van der Waals surface area contributed by atoms with Gasteiger partial charge in [-0.2, -0.15) is 0 Å². The Balaban J connectivity index is 2.31. The second-order valence-electron chi connectivity index (χ2n) is 19.4. The predicted octanol–water partition coefficient (Wildman–Crippen LogP) is 13.7. The van der Waals surface area contributed by atoms with Crippen LogP contribution in [0, 0.1) is 0 Å². The Labute approximate surface area is 437 Å². The number of phosphoric ester groups is 1. The molecule has 1 aliphatic rings. The van der Waals surface area contributed by atoms with E-state index < -0.39 is 63.1 Å². The maximum absolute atomic E-state index is 12.9. The van der Waals surface area contributed by atoms with Crippen LogP contribution in [0.25, 0.3) is 0 Å². The van der Waals surface area contributed by atoms with E-state index >= 15 is 0 Å². The van der Waals surface area contributed by atoms with E-state index in [-0.39, 0.29) is 13.0 Å². The summed E-state index contributed by atoms with van der Waals surface area (Å²) in [5.74, 6) is -0.486. The molecule has 12 nitrogen and oxygen atoms in total. The number of aliphatic hydroxyl groups is 5. The van der Waals surface area contributed by atoms with Gasteiger partial charge in [0.25, 0.3) is 0 Å². The quantitative estimate of drug-likeness (QED) is 0.0146. The zero-order valence-corrected chi connectivity index (χ0v) is 45.8. The summed E-state index contributed by atoms with van der Waals surface area (Å²) >= 11 is 0. The molecule has 416 valence electrons. The third kappa shape index (κ3) is 39.0. The second-order valence-corrected chi connectivity index (χ2v) is 20.8. The number of carbonyl (C=O) groups is 1. The largest absolute Gasteiger partial charge is 0.472 e. The number of ether oxygens (including phenoxy) is 2. The highest BCUT2D eigenvalue weighted by atomic mass is 31.2. The number of esters is 1. The Morgan fingerprint density at radius 1 is 0.458 bits per heavy atom. The van der Waals surface area contributed by atoms with Gasteiger partial charge in [-0.3, -0.25) is 13.8 Å². The van der Waals surface area contributed by atoms with Crippen LogP contribution in [0.2, 0.25) is 0 Å². The Kier molecular flexibility index (Phi) is 45.2. The van der Waals surface area contributed by atoms with E-state index in [1.165, 1.54) is 96.3 Å². The van der Waals surface area contributed by atoms with Crippen LogP contribution in [0.4, 0.5) is 0 Å². The van der Waals surface area contributed by atoms with Crippen molar-refractivity contribution in [2.45, 2.75) is 262 Å². The van der Waals surface area contributed by atoms with Gasteiger partial charge in [-0.25, -0.2) is 4.57 Å². The van der Waals surface area contributed by atoms with Crippen molar-refractivity contribution in [3.63, 3.8) is 0 Å². The van der Waals surface area contributed by atoms with Gasteiger partial charge in [-0.15, -0.1) is 0 Å². The third-order valence-electron chi connectivity index (χ3n) is 12.8. The number of hydrogen-bond donors (Lipinski definition) is 6. The van der Waals surface area contributed by atoms with Gasteiger partial charge >= 0.3 is 13.8 Å². The van der Waals surface area contributed by atoms with Gasteiger partial charge in [0.15, 0.2) is 0 Å². The molecule has 0 amide bonds. The first-order chi connectivity index (χ1) is 35.0. The summed E-state index contributed by atoms with van der Waals surface area (Å²) in [5, 5.41) is 50.4. The van der Waals surface area contributed by atoms with Crippen LogP contribution < -0.4 is 0 Å². The van der Waals surface area contributed by atoms with Crippen molar-refractivity contribution in [3.8, 4) is 0 Å². The average molecular weight is 1040 g/mol. The summed E-state index contributed by atoms with van der Waals surface area (Å²) in [6.07, 6.45) is 53.5. The first kappa shape index (κ1) is 67.5. The molecule has 0 spiro atoms. The highest BCUT2D eigenvalue weighted by Gasteiger charge is 2.51. The van der Waals surface area contributed by atoms with Crippen molar-refractivity contribution < 1.29 is 58.3 Å². The molecule has 0 saturated heterocycles. The summed E-state index contributed by atoms with van der Waals surface area (Å²) in [6, 6.07) is 0. The zero-order chi connectivity index (χ0) is 52.6. The normalized spacial score (nSPS) is 21.3. The molecule has 1 rings (SSSR count). The van der Waals surface area contributed by atoms with Crippen LogP contribution >= 0.6 is 7.82 Å². The van der Waals surface area contributed by atoms with Crippen molar-refractivity contribution in [1.82, 2.24) is 0 Å². The van der Waals surface area contributed by atoms with Crippen molar-refractivity contribution in [3.05, 3.63) is 85.1 Å². The van der Waals surface area contributed by atoms with E-state index in [4.69, 9.17) is 18.5 Å². The molecular weight excluding hydrogens is 932 g/mol. The summed E-state index contributed by atoms with van der Waals surface area (Å²) in [7, 11) is -5.04. The fourth-order valence-electron chi connectivity index (χ4n) is 8.30. The molecule has 0 aliphatic heterocycles. The van der Waals surface area contributed by atoms with E-state index in [9.17, 15) is 39.8 Å². The number of aliphatic hydroxyl groups excluding tert-OH is 5. The Morgan fingerprint density at radius 3 is 1.25 bits per heavy atom. The molecule has 13 heteroatoms. The Morgan fingerprint density at radius 2 is 0.819 bits per heavy atom. The molecule has 0 heterocycles.